The van der Waals surface area contributed by atoms with Gasteiger partial charge in [-0.25, -0.2) is 4.98 Å². The molecule has 1 aliphatic heterocycles. The van der Waals surface area contributed by atoms with E-state index in [0.717, 1.165) is 23.3 Å². The van der Waals surface area contributed by atoms with Gasteiger partial charge >= 0.3 is 0 Å². The second-order valence-corrected chi connectivity index (χ2v) is 5.20. The summed E-state index contributed by atoms with van der Waals surface area (Å²) in [5, 5.41) is 13.7. The third-order valence-electron chi connectivity index (χ3n) is 3.69. The monoisotopic (exact) mass is 307 g/mol. The van der Waals surface area contributed by atoms with Crippen molar-refractivity contribution >= 4 is 22.6 Å². The zero-order chi connectivity index (χ0) is 15.8. The number of anilines is 1. The highest BCUT2D eigenvalue weighted by Gasteiger charge is 2.16. The number of hydrogen-bond donors (Lipinski definition) is 2. The second kappa shape index (κ2) is 5.20. The molecule has 3 heterocycles. The molecule has 0 radical (unpaired) electrons. The lowest BCUT2D eigenvalue weighted by molar-refractivity contribution is 0.0995. The van der Waals surface area contributed by atoms with Gasteiger partial charge in [-0.1, -0.05) is 12.1 Å². The lowest BCUT2D eigenvalue weighted by Gasteiger charge is -2.07. The quantitative estimate of drug-likeness (QED) is 0.707. The van der Waals surface area contributed by atoms with Crippen LogP contribution in [0.15, 0.2) is 47.7 Å². The Morgan fingerprint density at radius 3 is 3.04 bits per heavy atom. The summed E-state index contributed by atoms with van der Waals surface area (Å²) in [6.07, 6.45) is 2.64. The largest absolute Gasteiger partial charge is 0.506 e. The van der Waals surface area contributed by atoms with Gasteiger partial charge in [0, 0.05) is 24.7 Å². The molecule has 2 aromatic heterocycles. The summed E-state index contributed by atoms with van der Waals surface area (Å²) in [6.45, 7) is 1.46. The van der Waals surface area contributed by atoms with E-state index in [1.54, 1.807) is 0 Å². The second-order valence-electron chi connectivity index (χ2n) is 5.20. The van der Waals surface area contributed by atoms with Crippen molar-refractivity contribution < 1.29 is 9.90 Å². The molecule has 1 aromatic carbocycles. The number of rotatable bonds is 1. The van der Waals surface area contributed by atoms with Gasteiger partial charge in [0.2, 0.25) is 5.62 Å². The van der Waals surface area contributed by atoms with Crippen LogP contribution in [-0.2, 0) is 6.54 Å². The highest BCUT2D eigenvalue weighted by atomic mass is 16.3. The Kier molecular flexibility index (Phi) is 3.04. The van der Waals surface area contributed by atoms with E-state index in [0.29, 0.717) is 12.2 Å². The van der Waals surface area contributed by atoms with Crippen LogP contribution < -0.4 is 10.9 Å². The summed E-state index contributed by atoms with van der Waals surface area (Å²) in [6, 6.07) is 9.05. The third kappa shape index (κ3) is 2.32. The van der Waals surface area contributed by atoms with Gasteiger partial charge in [0.25, 0.3) is 5.91 Å². The summed E-state index contributed by atoms with van der Waals surface area (Å²) in [4.78, 5) is 24.7. The fourth-order valence-corrected chi connectivity index (χ4v) is 2.66. The van der Waals surface area contributed by atoms with Gasteiger partial charge < -0.3 is 10.4 Å². The van der Waals surface area contributed by atoms with Crippen molar-refractivity contribution in [1.82, 2.24) is 14.5 Å². The van der Waals surface area contributed by atoms with Crippen LogP contribution in [0.3, 0.4) is 0 Å². The van der Waals surface area contributed by atoms with Crippen LogP contribution in [0.25, 0.3) is 10.9 Å². The predicted molar refractivity (Wildman–Crippen MR) is 84.0 cm³/mol. The highest BCUT2D eigenvalue weighted by molar-refractivity contribution is 5.95. The summed E-state index contributed by atoms with van der Waals surface area (Å²) in [7, 11) is 0. The SMILES string of the molecule is O=C(N=c1nc2ccccc2c2n1CCN2)c1cncc(O)c1. The molecule has 7 nitrogen and oxygen atoms in total. The molecule has 0 bridgehead atoms. The lowest BCUT2D eigenvalue weighted by Crippen LogP contribution is -2.24. The van der Waals surface area contributed by atoms with Gasteiger partial charge in [0.1, 0.15) is 11.6 Å². The number of fused-ring (bicyclic) bond motifs is 3. The predicted octanol–water partition coefficient (Wildman–Crippen LogP) is 1.30. The molecule has 0 aliphatic carbocycles. The van der Waals surface area contributed by atoms with Crippen LogP contribution in [0.5, 0.6) is 5.75 Å². The van der Waals surface area contributed by atoms with Crippen molar-refractivity contribution in [3.63, 3.8) is 0 Å². The van der Waals surface area contributed by atoms with Gasteiger partial charge in [-0.05, 0) is 18.2 Å². The summed E-state index contributed by atoms with van der Waals surface area (Å²) in [5.41, 5.74) is 1.34. The van der Waals surface area contributed by atoms with Crippen LogP contribution in [0.2, 0.25) is 0 Å². The number of amides is 1. The van der Waals surface area contributed by atoms with Gasteiger partial charge in [0.05, 0.1) is 17.3 Å². The Morgan fingerprint density at radius 1 is 1.30 bits per heavy atom. The molecular weight excluding hydrogens is 294 g/mol. The molecule has 114 valence electrons. The van der Waals surface area contributed by atoms with E-state index >= 15 is 0 Å². The Morgan fingerprint density at radius 2 is 2.17 bits per heavy atom. The number of aromatic hydroxyl groups is 1. The molecule has 23 heavy (non-hydrogen) atoms. The number of carbonyl (C=O) groups is 1. The Hall–Kier alpha value is -3.22. The summed E-state index contributed by atoms with van der Waals surface area (Å²) < 4.78 is 1.89. The van der Waals surface area contributed by atoms with E-state index in [1.165, 1.54) is 18.5 Å². The molecule has 2 N–H and O–H groups in total. The first-order valence-corrected chi connectivity index (χ1v) is 7.19. The van der Waals surface area contributed by atoms with E-state index in [9.17, 15) is 9.90 Å². The van der Waals surface area contributed by atoms with Crippen molar-refractivity contribution in [3.05, 3.63) is 53.9 Å². The van der Waals surface area contributed by atoms with Crippen LogP contribution in [-0.4, -0.2) is 32.1 Å². The molecule has 0 atom stereocenters. The fourth-order valence-electron chi connectivity index (χ4n) is 2.66. The summed E-state index contributed by atoms with van der Waals surface area (Å²) >= 11 is 0. The maximum Gasteiger partial charge on any atom is 0.281 e. The Bertz CT molecular complexity index is 993. The third-order valence-corrected chi connectivity index (χ3v) is 3.69. The number of pyridine rings is 1. The summed E-state index contributed by atoms with van der Waals surface area (Å²) in [5.74, 6) is 0.353. The molecule has 1 aliphatic rings. The molecule has 4 rings (SSSR count). The van der Waals surface area contributed by atoms with E-state index in [4.69, 9.17) is 0 Å². The normalized spacial score (nSPS) is 13.8. The number of hydrogen-bond acceptors (Lipinski definition) is 5. The van der Waals surface area contributed by atoms with Crippen molar-refractivity contribution in [2.75, 3.05) is 11.9 Å². The number of aromatic nitrogens is 3. The first-order chi connectivity index (χ1) is 11.2. The van der Waals surface area contributed by atoms with E-state index in [-0.39, 0.29) is 11.3 Å². The van der Waals surface area contributed by atoms with E-state index in [1.807, 2.05) is 28.8 Å². The molecule has 3 aromatic rings. The van der Waals surface area contributed by atoms with Crippen LogP contribution in [0.1, 0.15) is 10.4 Å². The zero-order valence-electron chi connectivity index (χ0n) is 12.1. The van der Waals surface area contributed by atoms with Crippen molar-refractivity contribution in [1.29, 1.82) is 0 Å². The molecule has 0 saturated heterocycles. The molecule has 1 amide bonds. The van der Waals surface area contributed by atoms with Crippen LogP contribution >= 0.6 is 0 Å². The molecule has 0 unspecified atom stereocenters. The fraction of sp³-hybridized carbons (Fsp3) is 0.125. The Labute approximate surface area is 131 Å². The molecule has 0 fully saturated rings. The minimum absolute atomic E-state index is 0.0722. The Balaban J connectivity index is 1.90. The van der Waals surface area contributed by atoms with Crippen molar-refractivity contribution in [2.45, 2.75) is 6.54 Å². The number of para-hydroxylation sites is 1. The molecule has 7 heteroatoms. The topological polar surface area (TPSA) is 92.4 Å². The maximum atomic E-state index is 12.3. The lowest BCUT2D eigenvalue weighted by atomic mass is 10.2. The molecular formula is C16H13N5O2. The van der Waals surface area contributed by atoms with Crippen molar-refractivity contribution in [3.8, 4) is 5.75 Å². The minimum Gasteiger partial charge on any atom is -0.506 e. The first kappa shape index (κ1) is 13.4. The number of nitrogens with one attached hydrogen (secondary N) is 1. The van der Waals surface area contributed by atoms with Crippen molar-refractivity contribution in [2.24, 2.45) is 4.99 Å². The standard InChI is InChI=1S/C16H13N5O2/c22-11-7-10(8-17-9-11)15(23)20-16-19-13-4-2-1-3-12(13)14-18-5-6-21(14)16/h1-4,7-9,18,22H,5-6H2. The number of carbonyl (C=O) groups excluding carboxylic acids is 1. The maximum absolute atomic E-state index is 12.3. The van der Waals surface area contributed by atoms with Gasteiger partial charge in [-0.2, -0.15) is 4.99 Å². The van der Waals surface area contributed by atoms with E-state index < -0.39 is 5.91 Å². The zero-order valence-corrected chi connectivity index (χ0v) is 12.1. The number of benzene rings is 1. The van der Waals surface area contributed by atoms with Crippen LogP contribution in [0.4, 0.5) is 5.82 Å². The van der Waals surface area contributed by atoms with Gasteiger partial charge in [0.15, 0.2) is 0 Å². The number of nitrogens with zero attached hydrogens (tertiary/aromatic N) is 4. The van der Waals surface area contributed by atoms with E-state index in [2.05, 4.69) is 20.3 Å². The minimum atomic E-state index is -0.488. The smallest absolute Gasteiger partial charge is 0.281 e. The van der Waals surface area contributed by atoms with Crippen LogP contribution in [0, 0.1) is 0 Å². The van der Waals surface area contributed by atoms with Gasteiger partial charge in [-0.15, -0.1) is 0 Å². The first-order valence-electron chi connectivity index (χ1n) is 7.19. The average Bonchev–Trinajstić information content (AvgIpc) is 3.05. The molecule has 0 spiro atoms. The highest BCUT2D eigenvalue weighted by Crippen LogP contribution is 2.22. The molecule has 0 saturated carbocycles. The average molecular weight is 307 g/mol. The van der Waals surface area contributed by atoms with Gasteiger partial charge in [-0.3, -0.25) is 14.3 Å².